The van der Waals surface area contributed by atoms with Crippen LogP contribution < -0.4 is 10.6 Å². The number of hydrogen-bond donors (Lipinski definition) is 1. The molecule has 1 saturated carbocycles. The van der Waals surface area contributed by atoms with E-state index >= 15 is 0 Å². The van der Waals surface area contributed by atoms with E-state index in [2.05, 4.69) is 46.1 Å². The van der Waals surface area contributed by atoms with Crippen LogP contribution in [0, 0.1) is 5.92 Å². The van der Waals surface area contributed by atoms with Gasteiger partial charge in [0.2, 0.25) is 0 Å². The minimum Gasteiger partial charge on any atom is -0.374 e. The van der Waals surface area contributed by atoms with E-state index in [1.165, 1.54) is 43.5 Å². The summed E-state index contributed by atoms with van der Waals surface area (Å²) in [5.74, 6) is 0.875. The molecule has 0 spiro atoms. The Labute approximate surface area is 112 Å². The first-order valence-electron chi connectivity index (χ1n) is 6.39. The molecule has 0 aromatic heterocycles. The Morgan fingerprint density at radius 1 is 1.29 bits per heavy atom. The van der Waals surface area contributed by atoms with Gasteiger partial charge < -0.3 is 10.6 Å². The molecule has 94 valence electrons. The van der Waals surface area contributed by atoms with Crippen molar-refractivity contribution in [3.05, 3.63) is 28.2 Å². The number of benzene rings is 1. The van der Waals surface area contributed by atoms with Crippen molar-refractivity contribution in [3.63, 3.8) is 0 Å². The standard InChI is InChI=1S/C14H21BrN2/c1-17(10-11-4-2-3-5-11)14-7-12(9-16)6-13(15)8-14/h6-8,11H,2-5,9-10,16H2,1H3. The summed E-state index contributed by atoms with van der Waals surface area (Å²) in [5.41, 5.74) is 8.17. The molecule has 2 nitrogen and oxygen atoms in total. The third-order valence-electron chi connectivity index (χ3n) is 3.63. The number of hydrogen-bond acceptors (Lipinski definition) is 2. The molecule has 1 aromatic carbocycles. The van der Waals surface area contributed by atoms with E-state index in [1.807, 2.05) is 0 Å². The minimum atomic E-state index is 0.601. The maximum Gasteiger partial charge on any atom is 0.0378 e. The van der Waals surface area contributed by atoms with Crippen LogP contribution in [0.15, 0.2) is 22.7 Å². The molecule has 1 aliphatic rings. The van der Waals surface area contributed by atoms with Crippen molar-refractivity contribution in [3.8, 4) is 0 Å². The van der Waals surface area contributed by atoms with Crippen molar-refractivity contribution >= 4 is 21.6 Å². The number of halogens is 1. The van der Waals surface area contributed by atoms with Crippen LogP contribution >= 0.6 is 15.9 Å². The predicted molar refractivity (Wildman–Crippen MR) is 77.3 cm³/mol. The summed E-state index contributed by atoms with van der Waals surface area (Å²) in [5, 5.41) is 0. The normalized spacial score (nSPS) is 16.4. The molecule has 3 heteroatoms. The fourth-order valence-electron chi connectivity index (χ4n) is 2.66. The van der Waals surface area contributed by atoms with Gasteiger partial charge in [0, 0.05) is 30.3 Å². The highest BCUT2D eigenvalue weighted by atomic mass is 79.9. The molecule has 0 radical (unpaired) electrons. The Morgan fingerprint density at radius 3 is 2.65 bits per heavy atom. The van der Waals surface area contributed by atoms with Crippen LogP contribution in [0.25, 0.3) is 0 Å². The second-order valence-electron chi connectivity index (χ2n) is 5.05. The molecule has 0 bridgehead atoms. The molecule has 1 aromatic rings. The number of nitrogens with two attached hydrogens (primary N) is 1. The highest BCUT2D eigenvalue weighted by Gasteiger charge is 2.17. The van der Waals surface area contributed by atoms with Gasteiger partial charge in [0.15, 0.2) is 0 Å². The average Bonchev–Trinajstić information content (AvgIpc) is 2.81. The van der Waals surface area contributed by atoms with Crippen LogP contribution in [-0.2, 0) is 6.54 Å². The van der Waals surface area contributed by atoms with Crippen LogP contribution in [0.2, 0.25) is 0 Å². The smallest absolute Gasteiger partial charge is 0.0378 e. The molecule has 0 saturated heterocycles. The maximum atomic E-state index is 5.71. The molecule has 1 aliphatic carbocycles. The molecule has 0 aliphatic heterocycles. The number of anilines is 1. The molecule has 0 unspecified atom stereocenters. The van der Waals surface area contributed by atoms with E-state index in [1.54, 1.807) is 0 Å². The van der Waals surface area contributed by atoms with Gasteiger partial charge >= 0.3 is 0 Å². The highest BCUT2D eigenvalue weighted by molar-refractivity contribution is 9.10. The monoisotopic (exact) mass is 296 g/mol. The second-order valence-corrected chi connectivity index (χ2v) is 5.97. The Hall–Kier alpha value is -0.540. The van der Waals surface area contributed by atoms with Gasteiger partial charge in [0.05, 0.1) is 0 Å². The molecule has 2 N–H and O–H groups in total. The number of nitrogens with zero attached hydrogens (tertiary/aromatic N) is 1. The third-order valence-corrected chi connectivity index (χ3v) is 4.08. The summed E-state index contributed by atoms with van der Waals surface area (Å²) in [6.45, 7) is 1.77. The van der Waals surface area contributed by atoms with Gasteiger partial charge in [-0.15, -0.1) is 0 Å². The fourth-order valence-corrected chi connectivity index (χ4v) is 3.19. The Bertz CT molecular complexity index is 372. The summed E-state index contributed by atoms with van der Waals surface area (Å²) >= 11 is 3.55. The van der Waals surface area contributed by atoms with Crippen molar-refractivity contribution < 1.29 is 0 Å². The van der Waals surface area contributed by atoms with E-state index in [0.717, 1.165) is 10.4 Å². The fraction of sp³-hybridized carbons (Fsp3) is 0.571. The van der Waals surface area contributed by atoms with Gasteiger partial charge in [0.1, 0.15) is 0 Å². The quantitative estimate of drug-likeness (QED) is 0.921. The topological polar surface area (TPSA) is 29.3 Å². The lowest BCUT2D eigenvalue weighted by atomic mass is 10.1. The lowest BCUT2D eigenvalue weighted by molar-refractivity contribution is 0.547. The van der Waals surface area contributed by atoms with Gasteiger partial charge in [0.25, 0.3) is 0 Å². The van der Waals surface area contributed by atoms with Crippen molar-refractivity contribution in [2.75, 3.05) is 18.5 Å². The van der Waals surface area contributed by atoms with E-state index in [-0.39, 0.29) is 0 Å². The van der Waals surface area contributed by atoms with Gasteiger partial charge in [-0.1, -0.05) is 28.8 Å². The SMILES string of the molecule is CN(CC1CCCC1)c1cc(Br)cc(CN)c1. The first-order valence-corrected chi connectivity index (χ1v) is 7.19. The molecular formula is C14H21BrN2. The van der Waals surface area contributed by atoms with E-state index < -0.39 is 0 Å². The lowest BCUT2D eigenvalue weighted by Crippen LogP contribution is -2.24. The summed E-state index contributed by atoms with van der Waals surface area (Å²) < 4.78 is 1.12. The molecule has 0 atom stereocenters. The van der Waals surface area contributed by atoms with Crippen molar-refractivity contribution in [2.24, 2.45) is 11.7 Å². The van der Waals surface area contributed by atoms with E-state index in [9.17, 15) is 0 Å². The molecule has 0 heterocycles. The van der Waals surface area contributed by atoms with Crippen LogP contribution in [0.5, 0.6) is 0 Å². The number of rotatable bonds is 4. The Balaban J connectivity index is 2.06. The van der Waals surface area contributed by atoms with E-state index in [4.69, 9.17) is 5.73 Å². The van der Waals surface area contributed by atoms with Crippen molar-refractivity contribution in [1.29, 1.82) is 0 Å². The summed E-state index contributed by atoms with van der Waals surface area (Å²) in [6.07, 6.45) is 5.60. The van der Waals surface area contributed by atoms with Gasteiger partial charge in [-0.3, -0.25) is 0 Å². The van der Waals surface area contributed by atoms with Crippen LogP contribution in [0.1, 0.15) is 31.2 Å². The largest absolute Gasteiger partial charge is 0.374 e. The van der Waals surface area contributed by atoms with Crippen molar-refractivity contribution in [2.45, 2.75) is 32.2 Å². The Morgan fingerprint density at radius 2 is 2.00 bits per heavy atom. The zero-order valence-corrected chi connectivity index (χ0v) is 12.0. The lowest BCUT2D eigenvalue weighted by Gasteiger charge is -2.24. The molecular weight excluding hydrogens is 276 g/mol. The Kier molecular flexibility index (Phi) is 4.46. The predicted octanol–water partition coefficient (Wildman–Crippen LogP) is 3.53. The van der Waals surface area contributed by atoms with Gasteiger partial charge in [-0.05, 0) is 42.5 Å². The maximum absolute atomic E-state index is 5.71. The summed E-state index contributed by atoms with van der Waals surface area (Å²) in [4.78, 5) is 2.36. The van der Waals surface area contributed by atoms with Crippen LogP contribution in [0.3, 0.4) is 0 Å². The average molecular weight is 297 g/mol. The summed E-state index contributed by atoms with van der Waals surface area (Å²) in [7, 11) is 2.18. The molecule has 1 fully saturated rings. The van der Waals surface area contributed by atoms with Gasteiger partial charge in [-0.2, -0.15) is 0 Å². The zero-order valence-electron chi connectivity index (χ0n) is 10.5. The van der Waals surface area contributed by atoms with Crippen LogP contribution in [0.4, 0.5) is 5.69 Å². The van der Waals surface area contributed by atoms with Crippen molar-refractivity contribution in [1.82, 2.24) is 0 Å². The molecule has 17 heavy (non-hydrogen) atoms. The van der Waals surface area contributed by atoms with Crippen LogP contribution in [-0.4, -0.2) is 13.6 Å². The highest BCUT2D eigenvalue weighted by Crippen LogP contribution is 2.28. The molecule has 2 rings (SSSR count). The van der Waals surface area contributed by atoms with Gasteiger partial charge in [-0.25, -0.2) is 0 Å². The zero-order chi connectivity index (χ0) is 12.3. The van der Waals surface area contributed by atoms with E-state index in [0.29, 0.717) is 6.54 Å². The first-order chi connectivity index (χ1) is 8.19. The third kappa shape index (κ3) is 3.46. The minimum absolute atomic E-state index is 0.601. The summed E-state index contributed by atoms with van der Waals surface area (Å²) in [6, 6.07) is 6.46. The second kappa shape index (κ2) is 5.87. The first kappa shape index (κ1) is 12.9. The molecule has 0 amide bonds.